The summed E-state index contributed by atoms with van der Waals surface area (Å²) in [5.74, 6) is -0.762. The second-order valence-electron chi connectivity index (χ2n) is 7.44. The number of amides is 1. The molecule has 0 aromatic heterocycles. The molecule has 1 aromatic carbocycles. The number of carboxylic acids is 1. The smallest absolute Gasteiger partial charge is 0.313 e. The van der Waals surface area contributed by atoms with Crippen molar-refractivity contribution in [1.29, 1.82) is 0 Å². The fourth-order valence-electron chi connectivity index (χ4n) is 4.49. The third-order valence-electron chi connectivity index (χ3n) is 5.80. The number of carbonyl (C=O) groups excluding carboxylic acids is 1. The Kier molecular flexibility index (Phi) is 4.23. The van der Waals surface area contributed by atoms with Crippen LogP contribution in [0.15, 0.2) is 30.3 Å². The highest BCUT2D eigenvalue weighted by Gasteiger charge is 2.58. The highest BCUT2D eigenvalue weighted by atomic mass is 16.4. The van der Waals surface area contributed by atoms with Crippen LogP contribution in [0.3, 0.4) is 0 Å². The Morgan fingerprint density at radius 3 is 2.64 bits per heavy atom. The van der Waals surface area contributed by atoms with Crippen LogP contribution in [-0.2, 0) is 16.1 Å². The molecule has 134 valence electrons. The minimum absolute atomic E-state index is 0.00738. The predicted molar refractivity (Wildman–Crippen MR) is 91.4 cm³/mol. The lowest BCUT2D eigenvalue weighted by atomic mass is 9.81. The van der Waals surface area contributed by atoms with E-state index >= 15 is 0 Å². The molecule has 25 heavy (non-hydrogen) atoms. The SMILES string of the molecule is O=C(C1CCNN1)N1C[C@H]2CN(Cc3ccccc3)C[C@@]2(C(=O)O)C1. The van der Waals surface area contributed by atoms with Gasteiger partial charge in [-0.1, -0.05) is 30.3 Å². The van der Waals surface area contributed by atoms with Crippen LogP contribution in [0.4, 0.5) is 0 Å². The van der Waals surface area contributed by atoms with Gasteiger partial charge in [-0.25, -0.2) is 5.43 Å². The Morgan fingerprint density at radius 2 is 2.00 bits per heavy atom. The van der Waals surface area contributed by atoms with Gasteiger partial charge in [0.2, 0.25) is 5.91 Å². The van der Waals surface area contributed by atoms with Crippen molar-refractivity contribution in [2.75, 3.05) is 32.7 Å². The maximum Gasteiger partial charge on any atom is 0.313 e. The molecule has 1 amide bonds. The zero-order valence-corrected chi connectivity index (χ0v) is 14.1. The first-order valence-corrected chi connectivity index (χ1v) is 8.85. The Labute approximate surface area is 147 Å². The summed E-state index contributed by atoms with van der Waals surface area (Å²) < 4.78 is 0. The van der Waals surface area contributed by atoms with Crippen molar-refractivity contribution < 1.29 is 14.7 Å². The lowest BCUT2D eigenvalue weighted by molar-refractivity contribution is -0.149. The third-order valence-corrected chi connectivity index (χ3v) is 5.80. The number of likely N-dealkylation sites (tertiary alicyclic amines) is 2. The molecular formula is C18H24N4O3. The van der Waals surface area contributed by atoms with Crippen molar-refractivity contribution in [2.24, 2.45) is 11.3 Å². The fraction of sp³-hybridized carbons (Fsp3) is 0.556. The number of benzene rings is 1. The number of hydrogen-bond donors (Lipinski definition) is 3. The van der Waals surface area contributed by atoms with Gasteiger partial charge in [-0.15, -0.1) is 0 Å². The Bertz CT molecular complexity index is 662. The zero-order valence-electron chi connectivity index (χ0n) is 14.1. The van der Waals surface area contributed by atoms with Gasteiger partial charge in [0.25, 0.3) is 0 Å². The van der Waals surface area contributed by atoms with Crippen LogP contribution < -0.4 is 10.9 Å². The largest absolute Gasteiger partial charge is 0.481 e. The zero-order chi connectivity index (χ0) is 17.4. The number of nitrogens with one attached hydrogen (secondary N) is 2. The van der Waals surface area contributed by atoms with E-state index in [1.807, 2.05) is 18.2 Å². The van der Waals surface area contributed by atoms with E-state index in [0.717, 1.165) is 26.1 Å². The molecule has 3 N–H and O–H groups in total. The molecule has 3 saturated heterocycles. The number of carbonyl (C=O) groups is 2. The van der Waals surface area contributed by atoms with Gasteiger partial charge in [-0.05, 0) is 12.0 Å². The molecular weight excluding hydrogens is 320 g/mol. The lowest BCUT2D eigenvalue weighted by Crippen LogP contribution is -2.47. The molecule has 3 atom stereocenters. The number of aliphatic carboxylic acids is 1. The van der Waals surface area contributed by atoms with Gasteiger partial charge in [-0.2, -0.15) is 0 Å². The Morgan fingerprint density at radius 1 is 1.20 bits per heavy atom. The first-order valence-electron chi connectivity index (χ1n) is 8.85. The van der Waals surface area contributed by atoms with Crippen molar-refractivity contribution in [3.8, 4) is 0 Å². The second-order valence-corrected chi connectivity index (χ2v) is 7.44. The molecule has 7 nitrogen and oxygen atoms in total. The molecule has 3 aliphatic rings. The molecule has 1 unspecified atom stereocenters. The molecule has 0 aliphatic carbocycles. The van der Waals surface area contributed by atoms with E-state index in [4.69, 9.17) is 0 Å². The van der Waals surface area contributed by atoms with E-state index in [9.17, 15) is 14.7 Å². The van der Waals surface area contributed by atoms with Crippen molar-refractivity contribution in [3.63, 3.8) is 0 Å². The van der Waals surface area contributed by atoms with E-state index in [2.05, 4.69) is 27.9 Å². The summed E-state index contributed by atoms with van der Waals surface area (Å²) in [6.45, 7) is 3.60. The van der Waals surface area contributed by atoms with Crippen molar-refractivity contribution in [2.45, 2.75) is 19.0 Å². The Balaban J connectivity index is 1.46. The van der Waals surface area contributed by atoms with E-state index in [1.165, 1.54) is 5.56 Å². The summed E-state index contributed by atoms with van der Waals surface area (Å²) in [6, 6.07) is 9.89. The highest BCUT2D eigenvalue weighted by molar-refractivity contribution is 5.85. The van der Waals surface area contributed by atoms with Crippen LogP contribution in [0.1, 0.15) is 12.0 Å². The van der Waals surface area contributed by atoms with Gasteiger partial charge in [-0.3, -0.25) is 19.9 Å². The van der Waals surface area contributed by atoms with Gasteiger partial charge in [0.15, 0.2) is 0 Å². The normalized spacial score (nSPS) is 32.1. The maximum atomic E-state index is 12.6. The summed E-state index contributed by atoms with van der Waals surface area (Å²) in [4.78, 5) is 28.7. The molecule has 0 radical (unpaired) electrons. The molecule has 3 fully saturated rings. The van der Waals surface area contributed by atoms with Crippen molar-refractivity contribution in [1.82, 2.24) is 20.7 Å². The topological polar surface area (TPSA) is 84.9 Å². The number of nitrogens with zero attached hydrogens (tertiary/aromatic N) is 2. The third kappa shape index (κ3) is 2.92. The van der Waals surface area contributed by atoms with Crippen LogP contribution in [0.2, 0.25) is 0 Å². The van der Waals surface area contributed by atoms with E-state index < -0.39 is 11.4 Å². The molecule has 1 aromatic rings. The maximum absolute atomic E-state index is 12.6. The number of hydrazine groups is 1. The van der Waals surface area contributed by atoms with Gasteiger partial charge < -0.3 is 10.0 Å². The van der Waals surface area contributed by atoms with E-state index in [1.54, 1.807) is 4.90 Å². The van der Waals surface area contributed by atoms with Crippen LogP contribution >= 0.6 is 0 Å². The first kappa shape index (κ1) is 16.5. The van der Waals surface area contributed by atoms with E-state index in [0.29, 0.717) is 19.6 Å². The van der Waals surface area contributed by atoms with Crippen LogP contribution in [0.5, 0.6) is 0 Å². The molecule has 0 saturated carbocycles. The van der Waals surface area contributed by atoms with Crippen LogP contribution in [-0.4, -0.2) is 65.5 Å². The second kappa shape index (κ2) is 6.40. The molecule has 3 heterocycles. The van der Waals surface area contributed by atoms with Gasteiger partial charge in [0.1, 0.15) is 11.5 Å². The summed E-state index contributed by atoms with van der Waals surface area (Å²) in [5, 5.41) is 9.93. The monoisotopic (exact) mass is 344 g/mol. The predicted octanol–water partition coefficient (Wildman–Crippen LogP) is -0.102. The minimum atomic E-state index is -0.837. The number of rotatable bonds is 4. The average Bonchev–Trinajstić information content (AvgIpc) is 3.29. The minimum Gasteiger partial charge on any atom is -0.481 e. The quantitative estimate of drug-likeness (QED) is 0.707. The summed E-state index contributed by atoms with van der Waals surface area (Å²) in [7, 11) is 0. The van der Waals surface area contributed by atoms with Crippen molar-refractivity contribution >= 4 is 11.9 Å². The standard InChI is InChI=1S/C18H24N4O3/c23-16(15-6-7-19-20-15)22-10-14-9-21(8-13-4-2-1-3-5-13)11-18(14,12-22)17(24)25/h1-5,14-15,19-20H,6-12H2,(H,24,25)/t14-,15?,18-/m1/s1. The van der Waals surface area contributed by atoms with Gasteiger partial charge >= 0.3 is 5.97 Å². The highest BCUT2D eigenvalue weighted by Crippen LogP contribution is 2.43. The number of fused-ring (bicyclic) bond motifs is 1. The van der Waals surface area contributed by atoms with Crippen LogP contribution in [0.25, 0.3) is 0 Å². The first-order chi connectivity index (χ1) is 12.1. The molecule has 3 aliphatic heterocycles. The summed E-state index contributed by atoms with van der Waals surface area (Å²) in [6.07, 6.45) is 0.750. The fourth-order valence-corrected chi connectivity index (χ4v) is 4.49. The van der Waals surface area contributed by atoms with Crippen LogP contribution in [0, 0.1) is 11.3 Å². The van der Waals surface area contributed by atoms with Crippen molar-refractivity contribution in [3.05, 3.63) is 35.9 Å². The summed E-state index contributed by atoms with van der Waals surface area (Å²) >= 11 is 0. The lowest BCUT2D eigenvalue weighted by Gasteiger charge is -2.26. The number of hydrogen-bond acceptors (Lipinski definition) is 5. The number of carboxylic acid groups (broad SMARTS) is 1. The van der Waals surface area contributed by atoms with E-state index in [-0.39, 0.29) is 17.9 Å². The molecule has 4 rings (SSSR count). The summed E-state index contributed by atoms with van der Waals surface area (Å²) in [5.41, 5.74) is 6.31. The average molecular weight is 344 g/mol. The van der Waals surface area contributed by atoms with Gasteiger partial charge in [0.05, 0.1) is 0 Å². The molecule has 7 heteroatoms. The Hall–Kier alpha value is -1.96. The van der Waals surface area contributed by atoms with Gasteiger partial charge in [0, 0.05) is 45.2 Å². The molecule has 0 bridgehead atoms. The molecule has 0 spiro atoms.